The minimum Gasteiger partial charge on any atom is -0.375 e. The van der Waals surface area contributed by atoms with Crippen molar-refractivity contribution in [2.75, 3.05) is 26.4 Å². The van der Waals surface area contributed by atoms with Crippen LogP contribution in [-0.2, 0) is 32.2 Å². The first-order valence-electron chi connectivity index (χ1n) is 9.26. The van der Waals surface area contributed by atoms with Gasteiger partial charge in [-0.15, -0.1) is 0 Å². The Balaban J connectivity index is 1.31. The zero-order chi connectivity index (χ0) is 16.8. The van der Waals surface area contributed by atoms with Crippen molar-refractivity contribution in [2.45, 2.75) is 52.1 Å². The highest BCUT2D eigenvalue weighted by atomic mass is 16.6. The summed E-state index contributed by atoms with van der Waals surface area (Å²) in [5.41, 5.74) is 2.39. The molecule has 2 heterocycles. The summed E-state index contributed by atoms with van der Waals surface area (Å²) in [5, 5.41) is 0. The van der Waals surface area contributed by atoms with Crippen LogP contribution in [0.3, 0.4) is 0 Å². The van der Waals surface area contributed by atoms with Gasteiger partial charge in [0.1, 0.15) is 0 Å². The second kappa shape index (κ2) is 8.95. The zero-order valence-electron chi connectivity index (χ0n) is 14.9. The number of hydrogen-bond donors (Lipinski definition) is 0. The predicted molar refractivity (Wildman–Crippen MR) is 92.8 cm³/mol. The number of ether oxygens (including phenoxy) is 4. The molecule has 2 saturated heterocycles. The molecule has 0 radical (unpaired) electrons. The van der Waals surface area contributed by atoms with E-state index in [2.05, 4.69) is 38.1 Å². The fourth-order valence-electron chi connectivity index (χ4n) is 3.18. The predicted octanol–water partition coefficient (Wildman–Crippen LogP) is 3.57. The smallest absolute Gasteiger partial charge is 0.0858 e. The van der Waals surface area contributed by atoms with Crippen molar-refractivity contribution in [3.63, 3.8) is 0 Å². The van der Waals surface area contributed by atoms with Gasteiger partial charge in [-0.05, 0) is 24.0 Å². The van der Waals surface area contributed by atoms with Gasteiger partial charge in [-0.25, -0.2) is 0 Å². The Hall–Kier alpha value is -0.940. The van der Waals surface area contributed by atoms with Crippen molar-refractivity contribution in [1.82, 2.24) is 0 Å². The van der Waals surface area contributed by atoms with E-state index in [9.17, 15) is 0 Å². The van der Waals surface area contributed by atoms with E-state index < -0.39 is 0 Å². The number of rotatable bonds is 10. The van der Waals surface area contributed by atoms with Crippen LogP contribution in [0.5, 0.6) is 0 Å². The molecule has 4 heteroatoms. The molecule has 0 aliphatic carbocycles. The van der Waals surface area contributed by atoms with Gasteiger partial charge in [-0.3, -0.25) is 0 Å². The van der Waals surface area contributed by atoms with Gasteiger partial charge in [0.05, 0.1) is 51.8 Å². The van der Waals surface area contributed by atoms with Crippen LogP contribution < -0.4 is 0 Å². The minimum atomic E-state index is 0.295. The largest absolute Gasteiger partial charge is 0.375 e. The fourth-order valence-corrected chi connectivity index (χ4v) is 3.18. The molecule has 2 aliphatic heterocycles. The topological polar surface area (TPSA) is 36.9 Å². The highest BCUT2D eigenvalue weighted by Crippen LogP contribution is 2.24. The molecule has 1 aromatic carbocycles. The van der Waals surface area contributed by atoms with Gasteiger partial charge < -0.3 is 18.9 Å². The lowest BCUT2D eigenvalue weighted by molar-refractivity contribution is -0.149. The molecular weight excluding hydrogens is 304 g/mol. The summed E-state index contributed by atoms with van der Waals surface area (Å²) in [4.78, 5) is 0. The fraction of sp³-hybridized carbons (Fsp3) is 0.700. The average Bonchev–Trinajstić information content (AvgIpc) is 2.55. The van der Waals surface area contributed by atoms with Crippen LogP contribution in [0.15, 0.2) is 24.3 Å². The summed E-state index contributed by atoms with van der Waals surface area (Å²) in [6.07, 6.45) is 2.94. The molecule has 0 N–H and O–H groups in total. The van der Waals surface area contributed by atoms with Crippen molar-refractivity contribution in [3.8, 4) is 0 Å². The molecule has 3 rings (SSSR count). The Morgan fingerprint density at radius 3 is 1.50 bits per heavy atom. The minimum absolute atomic E-state index is 0.295. The van der Waals surface area contributed by atoms with Crippen LogP contribution in [0.2, 0.25) is 0 Å². The van der Waals surface area contributed by atoms with Crippen LogP contribution in [0.4, 0.5) is 0 Å². The van der Waals surface area contributed by atoms with E-state index >= 15 is 0 Å². The molecular formula is C20H30O4. The molecule has 4 nitrogen and oxygen atoms in total. The third kappa shape index (κ3) is 4.57. The monoisotopic (exact) mass is 334 g/mol. The van der Waals surface area contributed by atoms with E-state index in [4.69, 9.17) is 18.9 Å². The van der Waals surface area contributed by atoms with Crippen LogP contribution in [-0.4, -0.2) is 38.6 Å². The Morgan fingerprint density at radius 1 is 0.792 bits per heavy atom. The molecule has 4 atom stereocenters. The first kappa shape index (κ1) is 17.9. The SMILES string of the molecule is CCC1COC1COCc1ccc(COCC2OCC2CC)cc1. The summed E-state index contributed by atoms with van der Waals surface area (Å²) in [6, 6.07) is 8.47. The molecule has 2 aliphatic rings. The van der Waals surface area contributed by atoms with Crippen LogP contribution in [0.25, 0.3) is 0 Å². The van der Waals surface area contributed by atoms with E-state index in [0.29, 0.717) is 50.5 Å². The number of hydrogen-bond acceptors (Lipinski definition) is 4. The van der Waals surface area contributed by atoms with Crippen molar-refractivity contribution in [1.29, 1.82) is 0 Å². The Morgan fingerprint density at radius 2 is 1.21 bits per heavy atom. The van der Waals surface area contributed by atoms with E-state index in [1.54, 1.807) is 0 Å². The van der Waals surface area contributed by atoms with Gasteiger partial charge in [-0.1, -0.05) is 38.1 Å². The van der Waals surface area contributed by atoms with E-state index in [0.717, 1.165) is 13.2 Å². The molecule has 4 unspecified atom stereocenters. The van der Waals surface area contributed by atoms with Gasteiger partial charge in [0, 0.05) is 11.8 Å². The van der Waals surface area contributed by atoms with Gasteiger partial charge >= 0.3 is 0 Å². The lowest BCUT2D eigenvalue weighted by Gasteiger charge is -2.36. The van der Waals surface area contributed by atoms with Crippen LogP contribution in [0.1, 0.15) is 37.8 Å². The molecule has 0 spiro atoms. The van der Waals surface area contributed by atoms with Gasteiger partial charge in [0.25, 0.3) is 0 Å². The van der Waals surface area contributed by atoms with Crippen LogP contribution in [0, 0.1) is 11.8 Å². The summed E-state index contributed by atoms with van der Waals surface area (Å²) in [5.74, 6) is 1.35. The first-order chi connectivity index (χ1) is 11.8. The summed E-state index contributed by atoms with van der Waals surface area (Å²) in [7, 11) is 0. The van der Waals surface area contributed by atoms with Crippen molar-refractivity contribution >= 4 is 0 Å². The molecule has 2 fully saturated rings. The quantitative estimate of drug-likeness (QED) is 0.655. The third-order valence-corrected chi connectivity index (χ3v) is 5.27. The highest BCUT2D eigenvalue weighted by Gasteiger charge is 2.31. The van der Waals surface area contributed by atoms with Gasteiger partial charge in [-0.2, -0.15) is 0 Å². The maximum absolute atomic E-state index is 5.78. The average molecular weight is 334 g/mol. The van der Waals surface area contributed by atoms with E-state index in [1.165, 1.54) is 24.0 Å². The Labute approximate surface area is 145 Å². The van der Waals surface area contributed by atoms with Crippen molar-refractivity contribution in [3.05, 3.63) is 35.4 Å². The first-order valence-corrected chi connectivity index (χ1v) is 9.26. The molecule has 0 amide bonds. The molecule has 1 aromatic rings. The molecule has 134 valence electrons. The third-order valence-electron chi connectivity index (χ3n) is 5.27. The molecule has 0 aromatic heterocycles. The lowest BCUT2D eigenvalue weighted by atomic mass is 9.96. The summed E-state index contributed by atoms with van der Waals surface area (Å²) < 4.78 is 22.6. The van der Waals surface area contributed by atoms with Gasteiger partial charge in [0.15, 0.2) is 0 Å². The van der Waals surface area contributed by atoms with Crippen molar-refractivity contribution in [2.24, 2.45) is 11.8 Å². The normalized spacial score (nSPS) is 29.1. The van der Waals surface area contributed by atoms with Crippen LogP contribution >= 0.6 is 0 Å². The summed E-state index contributed by atoms with van der Waals surface area (Å²) >= 11 is 0. The Kier molecular flexibility index (Phi) is 6.67. The van der Waals surface area contributed by atoms with Gasteiger partial charge in [0.2, 0.25) is 0 Å². The zero-order valence-corrected chi connectivity index (χ0v) is 14.9. The second-order valence-electron chi connectivity index (χ2n) is 6.93. The Bertz CT molecular complexity index is 438. The van der Waals surface area contributed by atoms with E-state index in [-0.39, 0.29) is 0 Å². The number of benzene rings is 1. The maximum atomic E-state index is 5.78. The molecule has 0 saturated carbocycles. The van der Waals surface area contributed by atoms with Crippen molar-refractivity contribution < 1.29 is 18.9 Å². The maximum Gasteiger partial charge on any atom is 0.0858 e. The summed E-state index contributed by atoms with van der Waals surface area (Å²) in [6.45, 7) is 8.89. The lowest BCUT2D eigenvalue weighted by Crippen LogP contribution is -2.42. The second-order valence-corrected chi connectivity index (χ2v) is 6.93. The molecule has 24 heavy (non-hydrogen) atoms. The highest BCUT2D eigenvalue weighted by molar-refractivity contribution is 5.21. The van der Waals surface area contributed by atoms with E-state index in [1.807, 2.05) is 0 Å². The molecule has 0 bridgehead atoms. The standard InChI is InChI=1S/C20H30O4/c1-3-17-11-23-19(17)13-21-9-15-5-7-16(8-6-15)10-22-14-20-18(4-2)12-24-20/h5-8,17-20H,3-4,9-14H2,1-2H3.